The molecule has 0 heterocycles. The van der Waals surface area contributed by atoms with Gasteiger partial charge in [-0.05, 0) is 30.4 Å². The van der Waals surface area contributed by atoms with E-state index in [0.29, 0.717) is 0 Å². The van der Waals surface area contributed by atoms with E-state index in [9.17, 15) is 0 Å². The molecule has 1 aliphatic rings. The molecule has 0 radical (unpaired) electrons. The summed E-state index contributed by atoms with van der Waals surface area (Å²) in [6.07, 6.45) is 9.29. The first kappa shape index (κ1) is 13.4. The van der Waals surface area contributed by atoms with Gasteiger partial charge in [-0.3, -0.25) is 0 Å². The molecule has 0 spiro atoms. The van der Waals surface area contributed by atoms with Gasteiger partial charge in [0.15, 0.2) is 0 Å². The van der Waals surface area contributed by atoms with Gasteiger partial charge in [-0.2, -0.15) is 0 Å². The molecule has 1 aromatic rings. The van der Waals surface area contributed by atoms with Crippen LogP contribution >= 0.6 is 31.9 Å². The minimum Gasteiger partial charge on any atom is -0.0880 e. The third-order valence-electron chi connectivity index (χ3n) is 3.53. The van der Waals surface area contributed by atoms with Gasteiger partial charge >= 0.3 is 0 Å². The molecule has 2 rings (SSSR count). The number of hydrogen-bond acceptors (Lipinski definition) is 0. The Bertz CT molecular complexity index is 390. The number of rotatable bonds is 3. The molecule has 2 heteroatoms. The third-order valence-corrected chi connectivity index (χ3v) is 4.90. The molecule has 0 atom stereocenters. The van der Waals surface area contributed by atoms with Gasteiger partial charge < -0.3 is 0 Å². The van der Waals surface area contributed by atoms with Crippen molar-refractivity contribution in [2.45, 2.75) is 32.1 Å². The van der Waals surface area contributed by atoms with E-state index >= 15 is 0 Å². The number of benzene rings is 1. The van der Waals surface area contributed by atoms with Crippen molar-refractivity contribution in [3.63, 3.8) is 0 Å². The zero-order valence-corrected chi connectivity index (χ0v) is 13.1. The Labute approximate surface area is 121 Å². The molecule has 17 heavy (non-hydrogen) atoms. The van der Waals surface area contributed by atoms with Gasteiger partial charge in [-0.15, -0.1) is 0 Å². The van der Waals surface area contributed by atoms with Crippen LogP contribution in [-0.2, 0) is 0 Å². The Morgan fingerprint density at radius 1 is 1.18 bits per heavy atom. The molecule has 0 nitrogen and oxygen atoms in total. The second-order valence-corrected chi connectivity index (χ2v) is 6.12. The van der Waals surface area contributed by atoms with E-state index in [0.717, 1.165) is 11.2 Å². The van der Waals surface area contributed by atoms with Gasteiger partial charge in [0, 0.05) is 9.80 Å². The molecule has 1 aromatic carbocycles. The van der Waals surface area contributed by atoms with E-state index in [1.165, 1.54) is 42.1 Å². The van der Waals surface area contributed by atoms with Crippen molar-refractivity contribution in [3.05, 3.63) is 39.9 Å². The molecule has 1 aliphatic carbocycles. The zero-order valence-electron chi connectivity index (χ0n) is 9.96. The first-order valence-electron chi connectivity index (χ1n) is 6.32. The highest BCUT2D eigenvalue weighted by Gasteiger charge is 2.17. The lowest BCUT2D eigenvalue weighted by Gasteiger charge is -2.23. The highest BCUT2D eigenvalue weighted by molar-refractivity contribution is 9.10. The Morgan fingerprint density at radius 2 is 1.88 bits per heavy atom. The van der Waals surface area contributed by atoms with Gasteiger partial charge in [-0.1, -0.05) is 81.0 Å². The number of halogens is 2. The molecule has 0 unspecified atom stereocenters. The molecule has 0 aliphatic heterocycles. The van der Waals surface area contributed by atoms with E-state index in [2.05, 4.69) is 62.2 Å². The van der Waals surface area contributed by atoms with Crippen molar-refractivity contribution in [2.24, 2.45) is 5.92 Å². The van der Waals surface area contributed by atoms with Crippen molar-refractivity contribution in [1.82, 2.24) is 0 Å². The highest BCUT2D eigenvalue weighted by atomic mass is 79.9. The summed E-state index contributed by atoms with van der Waals surface area (Å²) in [4.78, 5) is 0. The van der Waals surface area contributed by atoms with Crippen LogP contribution in [0.4, 0.5) is 0 Å². The minimum atomic E-state index is 0.787. The minimum absolute atomic E-state index is 0.787. The van der Waals surface area contributed by atoms with Crippen molar-refractivity contribution in [3.8, 4) is 0 Å². The summed E-state index contributed by atoms with van der Waals surface area (Å²) in [6, 6.07) is 8.45. The van der Waals surface area contributed by atoms with Crippen LogP contribution < -0.4 is 0 Å². The van der Waals surface area contributed by atoms with E-state index in [1.54, 1.807) is 5.57 Å². The quantitative estimate of drug-likeness (QED) is 0.599. The van der Waals surface area contributed by atoms with Crippen LogP contribution in [0.5, 0.6) is 0 Å². The lowest BCUT2D eigenvalue weighted by molar-refractivity contribution is 0.405. The summed E-state index contributed by atoms with van der Waals surface area (Å²) < 4.78 is 1.19. The molecule has 92 valence electrons. The largest absolute Gasteiger partial charge is 0.0880 e. The van der Waals surface area contributed by atoms with Crippen molar-refractivity contribution in [1.29, 1.82) is 0 Å². The smallest absolute Gasteiger partial charge is 0.0247 e. The molecule has 0 amide bonds. The predicted molar refractivity (Wildman–Crippen MR) is 82.5 cm³/mol. The third kappa shape index (κ3) is 3.69. The summed E-state index contributed by atoms with van der Waals surface area (Å²) in [5, 5.41) is 0.999. The molecule has 0 N–H and O–H groups in total. The standard InChI is InChI=1S/C15H18Br2/c16-11-14(12-6-2-1-3-7-12)10-13-8-4-5-9-15(13)17/h4-5,8-10,12H,1-3,6-7,11H2. The first-order valence-corrected chi connectivity index (χ1v) is 8.23. The van der Waals surface area contributed by atoms with Crippen LogP contribution in [0.15, 0.2) is 34.3 Å². The maximum Gasteiger partial charge on any atom is 0.0247 e. The van der Waals surface area contributed by atoms with Gasteiger partial charge in [0.1, 0.15) is 0 Å². The lowest BCUT2D eigenvalue weighted by atomic mass is 9.84. The summed E-state index contributed by atoms with van der Waals surface area (Å²) >= 11 is 7.27. The second kappa shape index (κ2) is 6.75. The fraction of sp³-hybridized carbons (Fsp3) is 0.467. The molecular weight excluding hydrogens is 340 g/mol. The second-order valence-electron chi connectivity index (χ2n) is 4.71. The van der Waals surface area contributed by atoms with Crippen LogP contribution in [0.3, 0.4) is 0 Å². The molecule has 0 aromatic heterocycles. The first-order chi connectivity index (χ1) is 8.31. The Hall–Kier alpha value is -0.0800. The number of allylic oxidation sites excluding steroid dienone is 1. The Morgan fingerprint density at radius 3 is 2.53 bits per heavy atom. The van der Waals surface area contributed by atoms with E-state index in [-0.39, 0.29) is 0 Å². The van der Waals surface area contributed by atoms with Crippen molar-refractivity contribution < 1.29 is 0 Å². The molecule has 0 bridgehead atoms. The van der Waals surface area contributed by atoms with Gasteiger partial charge in [0.05, 0.1) is 0 Å². The fourth-order valence-corrected chi connectivity index (χ4v) is 3.55. The monoisotopic (exact) mass is 356 g/mol. The molecule has 1 fully saturated rings. The van der Waals surface area contributed by atoms with Crippen molar-refractivity contribution in [2.75, 3.05) is 5.33 Å². The predicted octanol–water partition coefficient (Wildman–Crippen LogP) is 5.81. The maximum atomic E-state index is 3.65. The fourth-order valence-electron chi connectivity index (χ4n) is 2.53. The van der Waals surface area contributed by atoms with Crippen LogP contribution in [0.1, 0.15) is 37.7 Å². The SMILES string of the molecule is BrCC(=Cc1ccccc1Br)C1CCCCC1. The van der Waals surface area contributed by atoms with Crippen LogP contribution in [-0.4, -0.2) is 5.33 Å². The summed E-state index contributed by atoms with van der Waals surface area (Å²) in [6.45, 7) is 0. The molecule has 1 saturated carbocycles. The Balaban J connectivity index is 2.19. The number of hydrogen-bond donors (Lipinski definition) is 0. The van der Waals surface area contributed by atoms with E-state index in [4.69, 9.17) is 0 Å². The average molecular weight is 358 g/mol. The van der Waals surface area contributed by atoms with E-state index in [1.807, 2.05) is 0 Å². The van der Waals surface area contributed by atoms with Crippen molar-refractivity contribution >= 4 is 37.9 Å². The summed E-state index contributed by atoms with van der Waals surface area (Å²) in [7, 11) is 0. The van der Waals surface area contributed by atoms with E-state index < -0.39 is 0 Å². The van der Waals surface area contributed by atoms with Crippen LogP contribution in [0.25, 0.3) is 6.08 Å². The normalized spacial score (nSPS) is 18.4. The molecule has 0 saturated heterocycles. The van der Waals surface area contributed by atoms with Gasteiger partial charge in [-0.25, -0.2) is 0 Å². The van der Waals surface area contributed by atoms with Gasteiger partial charge in [0.2, 0.25) is 0 Å². The van der Waals surface area contributed by atoms with Crippen LogP contribution in [0.2, 0.25) is 0 Å². The van der Waals surface area contributed by atoms with Gasteiger partial charge in [0.25, 0.3) is 0 Å². The zero-order chi connectivity index (χ0) is 12.1. The topological polar surface area (TPSA) is 0 Å². The maximum absolute atomic E-state index is 3.65. The highest BCUT2D eigenvalue weighted by Crippen LogP contribution is 2.32. The Kier molecular flexibility index (Phi) is 5.30. The summed E-state index contributed by atoms with van der Waals surface area (Å²) in [5.74, 6) is 0.787. The van der Waals surface area contributed by atoms with Crippen LogP contribution in [0, 0.1) is 5.92 Å². The summed E-state index contributed by atoms with van der Waals surface area (Å²) in [5.41, 5.74) is 2.85. The number of alkyl halides is 1. The molecular formula is C15H18Br2. The lowest BCUT2D eigenvalue weighted by Crippen LogP contribution is -2.10. The average Bonchev–Trinajstić information content (AvgIpc) is 2.39.